The van der Waals surface area contributed by atoms with E-state index in [0.29, 0.717) is 11.3 Å². The molecule has 174 valence electrons. The molecule has 32 heavy (non-hydrogen) atoms. The predicted octanol–water partition coefficient (Wildman–Crippen LogP) is 3.87. The number of carbonyl (C=O) groups is 1. The minimum Gasteiger partial charge on any atom is -0.497 e. The third-order valence-electron chi connectivity index (χ3n) is 5.74. The van der Waals surface area contributed by atoms with Gasteiger partial charge in [0.1, 0.15) is 11.5 Å². The molecule has 2 aromatic rings. The van der Waals surface area contributed by atoms with Gasteiger partial charge in [-0.2, -0.15) is 0 Å². The van der Waals surface area contributed by atoms with Crippen LogP contribution in [-0.4, -0.2) is 34.1 Å². The Labute approximate surface area is 190 Å². The molecule has 1 aliphatic carbocycles. The Balaban J connectivity index is 1.55. The van der Waals surface area contributed by atoms with Crippen molar-refractivity contribution in [3.8, 4) is 11.5 Å². The third kappa shape index (κ3) is 6.46. The van der Waals surface area contributed by atoms with E-state index in [-0.39, 0.29) is 29.5 Å². The average Bonchev–Trinajstić information content (AvgIpc) is 2.78. The standard InChI is InChI=1S/C24H32N2O5S/c1-17-15-22(32(28,29)26-20-7-5-4-6-8-20)13-14-23(17)31-16-24(27)25-18(2)19-9-11-21(30-3)12-10-19/h9-15,18,20,26H,4-8,16H2,1-3H3,(H,25,27). The molecule has 1 fully saturated rings. The molecule has 8 heteroatoms. The third-order valence-corrected chi connectivity index (χ3v) is 7.25. The van der Waals surface area contributed by atoms with Crippen molar-refractivity contribution >= 4 is 15.9 Å². The molecule has 1 amide bonds. The summed E-state index contributed by atoms with van der Waals surface area (Å²) in [6, 6.07) is 12.0. The molecule has 0 aromatic heterocycles. The lowest BCUT2D eigenvalue weighted by atomic mass is 9.96. The summed E-state index contributed by atoms with van der Waals surface area (Å²) < 4.78 is 39.0. The number of amides is 1. The van der Waals surface area contributed by atoms with Crippen molar-refractivity contribution in [1.82, 2.24) is 10.0 Å². The highest BCUT2D eigenvalue weighted by Crippen LogP contribution is 2.24. The highest BCUT2D eigenvalue weighted by atomic mass is 32.2. The van der Waals surface area contributed by atoms with E-state index in [4.69, 9.17) is 9.47 Å². The lowest BCUT2D eigenvalue weighted by Gasteiger charge is -2.22. The topological polar surface area (TPSA) is 93.7 Å². The van der Waals surface area contributed by atoms with Crippen LogP contribution in [0.25, 0.3) is 0 Å². The van der Waals surface area contributed by atoms with Gasteiger partial charge < -0.3 is 14.8 Å². The number of aryl methyl sites for hydroxylation is 1. The Morgan fingerprint density at radius 3 is 2.41 bits per heavy atom. The second-order valence-electron chi connectivity index (χ2n) is 8.23. The van der Waals surface area contributed by atoms with Crippen LogP contribution >= 0.6 is 0 Å². The van der Waals surface area contributed by atoms with Gasteiger partial charge in [0.25, 0.3) is 5.91 Å². The number of hydrogen-bond acceptors (Lipinski definition) is 5. The average molecular weight is 461 g/mol. The Bertz CT molecular complexity index is 1020. The van der Waals surface area contributed by atoms with E-state index < -0.39 is 10.0 Å². The number of sulfonamides is 1. The zero-order chi connectivity index (χ0) is 23.1. The van der Waals surface area contributed by atoms with Crippen molar-refractivity contribution < 1.29 is 22.7 Å². The smallest absolute Gasteiger partial charge is 0.258 e. The number of hydrogen-bond donors (Lipinski definition) is 2. The maximum atomic E-state index is 12.7. The molecule has 1 unspecified atom stereocenters. The SMILES string of the molecule is COc1ccc(C(C)NC(=O)COc2ccc(S(=O)(=O)NC3CCCCC3)cc2C)cc1. The van der Waals surface area contributed by atoms with Gasteiger partial charge in [0.05, 0.1) is 18.0 Å². The zero-order valence-electron chi connectivity index (χ0n) is 18.9. The molecule has 2 N–H and O–H groups in total. The molecular formula is C24H32N2O5S. The van der Waals surface area contributed by atoms with E-state index in [2.05, 4.69) is 10.0 Å². The van der Waals surface area contributed by atoms with E-state index in [1.165, 1.54) is 6.07 Å². The van der Waals surface area contributed by atoms with Crippen LogP contribution in [0.2, 0.25) is 0 Å². The van der Waals surface area contributed by atoms with Crippen molar-refractivity contribution in [2.75, 3.05) is 13.7 Å². The molecule has 0 aliphatic heterocycles. The molecule has 1 aliphatic rings. The lowest BCUT2D eigenvalue weighted by Crippen LogP contribution is -2.36. The van der Waals surface area contributed by atoms with Crippen LogP contribution in [0, 0.1) is 6.92 Å². The first-order valence-corrected chi connectivity index (χ1v) is 12.5. The fourth-order valence-electron chi connectivity index (χ4n) is 3.86. The fourth-order valence-corrected chi connectivity index (χ4v) is 5.25. The minimum atomic E-state index is -3.58. The minimum absolute atomic E-state index is 0.00127. The monoisotopic (exact) mass is 460 g/mol. The van der Waals surface area contributed by atoms with Gasteiger partial charge in [-0.15, -0.1) is 0 Å². The highest BCUT2D eigenvalue weighted by molar-refractivity contribution is 7.89. The number of rotatable bonds is 9. The van der Waals surface area contributed by atoms with Crippen LogP contribution in [0.15, 0.2) is 47.4 Å². The maximum absolute atomic E-state index is 12.7. The first kappa shape index (κ1) is 24.1. The Hall–Kier alpha value is -2.58. The van der Waals surface area contributed by atoms with Gasteiger partial charge in [0.2, 0.25) is 10.0 Å². The second-order valence-corrected chi connectivity index (χ2v) is 9.95. The van der Waals surface area contributed by atoms with Gasteiger partial charge in [0, 0.05) is 6.04 Å². The zero-order valence-corrected chi connectivity index (χ0v) is 19.7. The van der Waals surface area contributed by atoms with Gasteiger partial charge in [-0.25, -0.2) is 13.1 Å². The summed E-state index contributed by atoms with van der Waals surface area (Å²) in [4.78, 5) is 12.5. The van der Waals surface area contributed by atoms with Gasteiger partial charge in [-0.3, -0.25) is 4.79 Å². The van der Waals surface area contributed by atoms with Gasteiger partial charge in [-0.1, -0.05) is 31.4 Å². The van der Waals surface area contributed by atoms with Crippen LogP contribution in [0.1, 0.15) is 56.2 Å². The van der Waals surface area contributed by atoms with E-state index in [1.54, 1.807) is 26.2 Å². The van der Waals surface area contributed by atoms with Crippen LogP contribution in [0.3, 0.4) is 0 Å². The number of ether oxygens (including phenoxy) is 2. The molecule has 1 atom stereocenters. The van der Waals surface area contributed by atoms with Crippen molar-refractivity contribution in [3.63, 3.8) is 0 Å². The molecular weight excluding hydrogens is 428 g/mol. The van der Waals surface area contributed by atoms with E-state index >= 15 is 0 Å². The Morgan fingerprint density at radius 2 is 1.78 bits per heavy atom. The van der Waals surface area contributed by atoms with Gasteiger partial charge >= 0.3 is 0 Å². The first-order valence-electron chi connectivity index (χ1n) is 11.0. The lowest BCUT2D eigenvalue weighted by molar-refractivity contribution is -0.123. The number of benzene rings is 2. The van der Waals surface area contributed by atoms with Crippen molar-refractivity contribution in [2.24, 2.45) is 0 Å². The number of methoxy groups -OCH3 is 1. The second kappa shape index (κ2) is 10.8. The van der Waals surface area contributed by atoms with Crippen molar-refractivity contribution in [1.29, 1.82) is 0 Å². The molecule has 0 radical (unpaired) electrons. The molecule has 7 nitrogen and oxygen atoms in total. The summed E-state index contributed by atoms with van der Waals surface area (Å²) in [5.74, 6) is 0.975. The van der Waals surface area contributed by atoms with Crippen LogP contribution in [0.4, 0.5) is 0 Å². The van der Waals surface area contributed by atoms with E-state index in [0.717, 1.165) is 43.4 Å². The molecule has 2 aromatic carbocycles. The molecule has 0 spiro atoms. The van der Waals surface area contributed by atoms with Crippen LogP contribution < -0.4 is 19.5 Å². The van der Waals surface area contributed by atoms with Crippen LogP contribution in [0.5, 0.6) is 11.5 Å². The Kier molecular flexibility index (Phi) is 8.15. The summed E-state index contributed by atoms with van der Waals surface area (Å²) in [5, 5.41) is 2.89. The maximum Gasteiger partial charge on any atom is 0.258 e. The molecule has 0 bridgehead atoms. The summed E-state index contributed by atoms with van der Waals surface area (Å²) in [7, 11) is -1.97. The van der Waals surface area contributed by atoms with Gasteiger partial charge in [0.15, 0.2) is 6.61 Å². The normalized spacial score (nSPS) is 15.7. The summed E-state index contributed by atoms with van der Waals surface area (Å²) in [6.45, 7) is 3.50. The van der Waals surface area contributed by atoms with Crippen molar-refractivity contribution in [3.05, 3.63) is 53.6 Å². The molecule has 0 saturated heterocycles. The largest absolute Gasteiger partial charge is 0.497 e. The van der Waals surface area contributed by atoms with Gasteiger partial charge in [-0.05, 0) is 68.1 Å². The molecule has 1 saturated carbocycles. The van der Waals surface area contributed by atoms with Crippen molar-refractivity contribution in [2.45, 2.75) is 62.9 Å². The summed E-state index contributed by atoms with van der Waals surface area (Å²) >= 11 is 0. The van der Waals surface area contributed by atoms with E-state index in [9.17, 15) is 13.2 Å². The first-order chi connectivity index (χ1) is 15.3. The quantitative estimate of drug-likeness (QED) is 0.593. The van der Waals surface area contributed by atoms with Crippen LogP contribution in [-0.2, 0) is 14.8 Å². The summed E-state index contributed by atoms with van der Waals surface area (Å²) in [5.41, 5.74) is 1.61. The molecule has 0 heterocycles. The molecule has 3 rings (SSSR count). The Morgan fingerprint density at radius 1 is 1.09 bits per heavy atom. The highest BCUT2D eigenvalue weighted by Gasteiger charge is 2.22. The predicted molar refractivity (Wildman–Crippen MR) is 123 cm³/mol. The number of nitrogens with one attached hydrogen (secondary N) is 2. The number of carbonyl (C=O) groups excluding carboxylic acids is 1. The summed E-state index contributed by atoms with van der Waals surface area (Å²) in [6.07, 6.45) is 5.03. The fraction of sp³-hybridized carbons (Fsp3) is 0.458. The van der Waals surface area contributed by atoms with E-state index in [1.807, 2.05) is 31.2 Å².